The minimum Gasteiger partial charge on any atom is -0.298 e. The van der Waals surface area contributed by atoms with Gasteiger partial charge in [-0.15, -0.1) is 0 Å². The molecule has 0 saturated carbocycles. The summed E-state index contributed by atoms with van der Waals surface area (Å²) < 4.78 is 13.4. The van der Waals surface area contributed by atoms with Crippen molar-refractivity contribution in [1.29, 1.82) is 0 Å². The Morgan fingerprint density at radius 2 is 1.94 bits per heavy atom. The zero-order valence-corrected chi connectivity index (χ0v) is 10.3. The minimum atomic E-state index is -0.270. The van der Waals surface area contributed by atoms with Gasteiger partial charge in [-0.25, -0.2) is 4.39 Å². The Bertz CT molecular complexity index is 557. The summed E-state index contributed by atoms with van der Waals surface area (Å²) in [6, 6.07) is 11.5. The lowest BCUT2D eigenvalue weighted by molar-refractivity contribution is 0.112. The topological polar surface area (TPSA) is 17.1 Å². The predicted octanol–water partition coefficient (Wildman–Crippen LogP) is 4.44. The van der Waals surface area contributed by atoms with Crippen molar-refractivity contribution in [2.45, 2.75) is 9.79 Å². The van der Waals surface area contributed by atoms with E-state index in [4.69, 9.17) is 11.6 Å². The number of rotatable bonds is 3. The van der Waals surface area contributed by atoms with Crippen molar-refractivity contribution >= 4 is 29.6 Å². The Labute approximate surface area is 108 Å². The second-order valence-electron chi connectivity index (χ2n) is 3.33. The third-order valence-corrected chi connectivity index (χ3v) is 3.53. The summed E-state index contributed by atoms with van der Waals surface area (Å²) in [4.78, 5) is 11.9. The van der Waals surface area contributed by atoms with E-state index in [1.165, 1.54) is 17.8 Å². The van der Waals surface area contributed by atoms with Crippen molar-refractivity contribution in [2.75, 3.05) is 0 Å². The van der Waals surface area contributed by atoms with E-state index < -0.39 is 0 Å². The molecule has 86 valence electrons. The first-order valence-corrected chi connectivity index (χ1v) is 6.07. The normalized spacial score (nSPS) is 10.2. The van der Waals surface area contributed by atoms with Gasteiger partial charge in [0.15, 0.2) is 6.29 Å². The Morgan fingerprint density at radius 1 is 1.18 bits per heavy atom. The van der Waals surface area contributed by atoms with Gasteiger partial charge in [-0.2, -0.15) is 0 Å². The molecule has 2 aromatic carbocycles. The van der Waals surface area contributed by atoms with Gasteiger partial charge in [0.05, 0.1) is 5.02 Å². The molecule has 0 aliphatic heterocycles. The molecule has 0 aliphatic carbocycles. The summed E-state index contributed by atoms with van der Waals surface area (Å²) in [5, 5.41) is 0.376. The largest absolute Gasteiger partial charge is 0.298 e. The Balaban J connectivity index is 2.28. The van der Waals surface area contributed by atoms with E-state index in [2.05, 4.69) is 0 Å². The molecule has 0 amide bonds. The van der Waals surface area contributed by atoms with E-state index in [0.717, 1.165) is 4.90 Å². The van der Waals surface area contributed by atoms with Crippen molar-refractivity contribution in [3.8, 4) is 0 Å². The van der Waals surface area contributed by atoms with E-state index in [0.29, 0.717) is 21.8 Å². The highest BCUT2D eigenvalue weighted by atomic mass is 35.5. The van der Waals surface area contributed by atoms with Crippen LogP contribution >= 0.6 is 23.4 Å². The molecule has 0 radical (unpaired) electrons. The van der Waals surface area contributed by atoms with Crippen LogP contribution < -0.4 is 0 Å². The van der Waals surface area contributed by atoms with Gasteiger partial charge in [0.25, 0.3) is 0 Å². The van der Waals surface area contributed by atoms with Crippen LogP contribution in [-0.4, -0.2) is 6.29 Å². The van der Waals surface area contributed by atoms with Crippen LogP contribution in [-0.2, 0) is 0 Å². The maximum Gasteiger partial charge on any atom is 0.151 e. The second kappa shape index (κ2) is 5.34. The highest BCUT2D eigenvalue weighted by Crippen LogP contribution is 2.31. The van der Waals surface area contributed by atoms with E-state index in [1.54, 1.807) is 36.4 Å². The van der Waals surface area contributed by atoms with Gasteiger partial charge in [-0.3, -0.25) is 4.79 Å². The van der Waals surface area contributed by atoms with Gasteiger partial charge in [-0.1, -0.05) is 35.5 Å². The van der Waals surface area contributed by atoms with Crippen molar-refractivity contribution in [3.63, 3.8) is 0 Å². The van der Waals surface area contributed by atoms with Crippen molar-refractivity contribution in [3.05, 3.63) is 58.9 Å². The van der Waals surface area contributed by atoms with Gasteiger partial charge in [0.2, 0.25) is 0 Å². The summed E-state index contributed by atoms with van der Waals surface area (Å²) in [6.07, 6.45) is 0.694. The second-order valence-corrected chi connectivity index (χ2v) is 4.86. The first kappa shape index (κ1) is 12.1. The SMILES string of the molecule is O=Cc1ccc(Sc2ccccc2F)cc1Cl. The molecule has 17 heavy (non-hydrogen) atoms. The van der Waals surface area contributed by atoms with E-state index in [9.17, 15) is 9.18 Å². The van der Waals surface area contributed by atoms with Gasteiger partial charge in [-0.05, 0) is 30.3 Å². The predicted molar refractivity (Wildman–Crippen MR) is 67.4 cm³/mol. The van der Waals surface area contributed by atoms with Crippen LogP contribution in [0.5, 0.6) is 0 Å². The van der Waals surface area contributed by atoms with Crippen LogP contribution in [0.15, 0.2) is 52.3 Å². The van der Waals surface area contributed by atoms with Crippen LogP contribution in [0.1, 0.15) is 10.4 Å². The maximum atomic E-state index is 13.4. The van der Waals surface area contributed by atoms with Gasteiger partial charge < -0.3 is 0 Å². The molecule has 0 bridgehead atoms. The van der Waals surface area contributed by atoms with Crippen LogP contribution in [0.4, 0.5) is 4.39 Å². The van der Waals surface area contributed by atoms with Gasteiger partial charge >= 0.3 is 0 Å². The summed E-state index contributed by atoms with van der Waals surface area (Å²) >= 11 is 7.17. The van der Waals surface area contributed by atoms with Crippen LogP contribution in [0.25, 0.3) is 0 Å². The third-order valence-electron chi connectivity index (χ3n) is 2.16. The summed E-state index contributed by atoms with van der Waals surface area (Å²) in [5.41, 5.74) is 0.435. The standard InChI is InChI=1S/C13H8ClFOS/c14-11-7-10(6-5-9(11)8-16)17-13-4-2-1-3-12(13)15/h1-8H. The van der Waals surface area contributed by atoms with Crippen molar-refractivity contribution < 1.29 is 9.18 Å². The molecule has 0 atom stereocenters. The number of carbonyl (C=O) groups is 1. The highest BCUT2D eigenvalue weighted by molar-refractivity contribution is 7.99. The number of carbonyl (C=O) groups excluding carboxylic acids is 1. The molecule has 0 aliphatic rings. The average molecular weight is 267 g/mol. The first-order valence-electron chi connectivity index (χ1n) is 4.88. The zero-order chi connectivity index (χ0) is 12.3. The fourth-order valence-corrected chi connectivity index (χ4v) is 2.49. The first-order chi connectivity index (χ1) is 8.20. The Morgan fingerprint density at radius 3 is 2.59 bits per heavy atom. The smallest absolute Gasteiger partial charge is 0.151 e. The number of aldehydes is 1. The molecule has 0 heterocycles. The molecule has 2 rings (SSSR count). The Kier molecular flexibility index (Phi) is 3.82. The van der Waals surface area contributed by atoms with Gasteiger partial charge in [0, 0.05) is 15.4 Å². The lowest BCUT2D eigenvalue weighted by Gasteiger charge is -2.04. The molecule has 0 fully saturated rings. The number of hydrogen-bond acceptors (Lipinski definition) is 2. The Hall–Kier alpha value is -1.32. The van der Waals surface area contributed by atoms with Crippen molar-refractivity contribution in [2.24, 2.45) is 0 Å². The molecule has 0 spiro atoms. The molecule has 0 N–H and O–H groups in total. The minimum absolute atomic E-state index is 0.270. The highest BCUT2D eigenvalue weighted by Gasteiger charge is 2.05. The van der Waals surface area contributed by atoms with Crippen LogP contribution in [0.3, 0.4) is 0 Å². The molecular formula is C13H8ClFOS. The van der Waals surface area contributed by atoms with Gasteiger partial charge in [0.1, 0.15) is 5.82 Å². The van der Waals surface area contributed by atoms with Crippen molar-refractivity contribution in [1.82, 2.24) is 0 Å². The van der Waals surface area contributed by atoms with E-state index in [-0.39, 0.29) is 5.82 Å². The molecule has 4 heteroatoms. The monoisotopic (exact) mass is 266 g/mol. The summed E-state index contributed by atoms with van der Waals surface area (Å²) in [6.45, 7) is 0. The summed E-state index contributed by atoms with van der Waals surface area (Å²) in [5.74, 6) is -0.270. The van der Waals surface area contributed by atoms with Crippen LogP contribution in [0.2, 0.25) is 5.02 Å². The quantitative estimate of drug-likeness (QED) is 0.764. The number of benzene rings is 2. The lowest BCUT2D eigenvalue weighted by atomic mass is 10.2. The number of hydrogen-bond donors (Lipinski definition) is 0. The average Bonchev–Trinajstić information content (AvgIpc) is 2.32. The molecule has 0 unspecified atom stereocenters. The van der Waals surface area contributed by atoms with E-state index >= 15 is 0 Å². The number of halogens is 2. The van der Waals surface area contributed by atoms with E-state index in [1.807, 2.05) is 0 Å². The third kappa shape index (κ3) is 2.87. The van der Waals surface area contributed by atoms with Crippen LogP contribution in [0, 0.1) is 5.82 Å². The lowest BCUT2D eigenvalue weighted by Crippen LogP contribution is -1.84. The maximum absolute atomic E-state index is 13.4. The molecular weight excluding hydrogens is 259 g/mol. The molecule has 2 aromatic rings. The fourth-order valence-electron chi connectivity index (χ4n) is 1.32. The summed E-state index contributed by atoms with van der Waals surface area (Å²) in [7, 11) is 0. The zero-order valence-electron chi connectivity index (χ0n) is 8.69. The molecule has 0 aromatic heterocycles. The fraction of sp³-hybridized carbons (Fsp3) is 0. The molecule has 1 nitrogen and oxygen atoms in total. The molecule has 0 saturated heterocycles.